The van der Waals surface area contributed by atoms with Crippen LogP contribution in [0.5, 0.6) is 0 Å². The van der Waals surface area contributed by atoms with Crippen LogP contribution in [0, 0.1) is 16.7 Å². The zero-order valence-electron chi connectivity index (χ0n) is 10.8. The molecule has 0 spiro atoms. The van der Waals surface area contributed by atoms with E-state index in [-0.39, 0.29) is 22.8 Å². The van der Waals surface area contributed by atoms with Gasteiger partial charge < -0.3 is 10.4 Å². The van der Waals surface area contributed by atoms with Gasteiger partial charge in [-0.3, -0.25) is 4.79 Å². The molecule has 0 aromatic rings. The third-order valence-electron chi connectivity index (χ3n) is 5.74. The van der Waals surface area contributed by atoms with Crippen LogP contribution < -0.4 is 5.32 Å². The van der Waals surface area contributed by atoms with Crippen LogP contribution in [0.15, 0.2) is 0 Å². The molecule has 3 nitrogen and oxygen atoms in total. The summed E-state index contributed by atoms with van der Waals surface area (Å²) in [6.45, 7) is 6.74. The quantitative estimate of drug-likeness (QED) is 0.774. The van der Waals surface area contributed by atoms with Crippen LogP contribution in [0.25, 0.3) is 0 Å². The van der Waals surface area contributed by atoms with Crippen LogP contribution in [0.1, 0.15) is 46.5 Å². The van der Waals surface area contributed by atoms with E-state index < -0.39 is 5.97 Å². The molecule has 92 valence electrons. The maximum atomic E-state index is 11.2. The molecule has 2 saturated carbocycles. The summed E-state index contributed by atoms with van der Waals surface area (Å²) < 4.78 is 0. The fourth-order valence-electron chi connectivity index (χ4n) is 4.75. The number of aliphatic carboxylic acids is 1. The molecule has 0 amide bonds. The Bertz CT molecular complexity index is 319. The second-order valence-corrected chi connectivity index (χ2v) is 6.45. The summed E-state index contributed by atoms with van der Waals surface area (Å²) in [6.07, 6.45) is 3.83. The summed E-state index contributed by atoms with van der Waals surface area (Å²) in [5, 5.41) is 12.6. The molecule has 0 unspecified atom stereocenters. The second kappa shape index (κ2) is 3.22. The average Bonchev–Trinajstić information content (AvgIpc) is 2.62. The van der Waals surface area contributed by atoms with Crippen LogP contribution in [0.3, 0.4) is 0 Å². The van der Waals surface area contributed by atoms with Gasteiger partial charge in [-0.1, -0.05) is 20.8 Å². The summed E-state index contributed by atoms with van der Waals surface area (Å²) in [7, 11) is 1.93. The van der Waals surface area contributed by atoms with Crippen molar-refractivity contribution >= 4 is 5.97 Å². The minimum atomic E-state index is -0.684. The van der Waals surface area contributed by atoms with Crippen molar-refractivity contribution in [2.24, 2.45) is 16.7 Å². The summed E-state index contributed by atoms with van der Waals surface area (Å²) in [5.74, 6) is -0.0134. The van der Waals surface area contributed by atoms with E-state index in [4.69, 9.17) is 0 Å². The normalized spacial score (nSPS) is 44.9. The number of carbonyl (C=O) groups is 1. The lowest BCUT2D eigenvalue weighted by Gasteiger charge is -2.54. The van der Waals surface area contributed by atoms with Crippen molar-refractivity contribution in [3.8, 4) is 0 Å². The SMILES string of the molecule is CN[C@]1(CC(=O)O)C(C)(C)[C@H]2CC[C@@]1(C)C2. The predicted octanol–water partition coefficient (Wildman–Crippen LogP) is 2.27. The van der Waals surface area contributed by atoms with Gasteiger partial charge in [-0.25, -0.2) is 0 Å². The molecule has 2 rings (SSSR count). The minimum Gasteiger partial charge on any atom is -0.481 e. The van der Waals surface area contributed by atoms with Gasteiger partial charge in [0.15, 0.2) is 0 Å². The molecule has 3 heteroatoms. The van der Waals surface area contributed by atoms with Crippen molar-refractivity contribution in [1.29, 1.82) is 0 Å². The van der Waals surface area contributed by atoms with Gasteiger partial charge in [0, 0.05) is 5.54 Å². The molecule has 0 heterocycles. The van der Waals surface area contributed by atoms with Crippen molar-refractivity contribution < 1.29 is 9.90 Å². The molecule has 2 fully saturated rings. The molecular weight excluding hydrogens is 202 g/mol. The van der Waals surface area contributed by atoms with E-state index in [1.807, 2.05) is 7.05 Å². The van der Waals surface area contributed by atoms with Crippen molar-refractivity contribution in [3.05, 3.63) is 0 Å². The van der Waals surface area contributed by atoms with Gasteiger partial charge in [-0.05, 0) is 43.1 Å². The van der Waals surface area contributed by atoms with Gasteiger partial charge in [0.05, 0.1) is 6.42 Å². The first-order valence-corrected chi connectivity index (χ1v) is 6.20. The second-order valence-electron chi connectivity index (χ2n) is 6.45. The number of rotatable bonds is 3. The van der Waals surface area contributed by atoms with E-state index in [9.17, 15) is 9.90 Å². The third kappa shape index (κ3) is 1.15. The lowest BCUT2D eigenvalue weighted by molar-refractivity contribution is -0.143. The fraction of sp³-hybridized carbons (Fsp3) is 0.923. The minimum absolute atomic E-state index is 0.0765. The van der Waals surface area contributed by atoms with Crippen molar-refractivity contribution in [2.45, 2.75) is 52.0 Å². The molecule has 2 bridgehead atoms. The summed E-state index contributed by atoms with van der Waals surface area (Å²) >= 11 is 0. The highest BCUT2D eigenvalue weighted by atomic mass is 16.4. The van der Waals surface area contributed by atoms with Crippen molar-refractivity contribution in [2.75, 3.05) is 7.05 Å². The number of hydrogen-bond donors (Lipinski definition) is 2. The molecule has 2 aliphatic rings. The van der Waals surface area contributed by atoms with Crippen LogP contribution in [0.2, 0.25) is 0 Å². The Morgan fingerprint density at radius 3 is 2.44 bits per heavy atom. The van der Waals surface area contributed by atoms with Crippen LogP contribution in [0.4, 0.5) is 0 Å². The molecule has 0 radical (unpaired) electrons. The predicted molar refractivity (Wildman–Crippen MR) is 63.3 cm³/mol. The monoisotopic (exact) mass is 225 g/mol. The van der Waals surface area contributed by atoms with Gasteiger partial charge in [-0.15, -0.1) is 0 Å². The first-order valence-electron chi connectivity index (χ1n) is 6.20. The number of carboxylic acid groups (broad SMARTS) is 1. The zero-order valence-corrected chi connectivity index (χ0v) is 10.8. The fourth-order valence-corrected chi connectivity index (χ4v) is 4.75. The van der Waals surface area contributed by atoms with Gasteiger partial charge in [0.1, 0.15) is 0 Å². The Labute approximate surface area is 97.6 Å². The Morgan fingerprint density at radius 2 is 2.06 bits per heavy atom. The molecule has 16 heavy (non-hydrogen) atoms. The third-order valence-corrected chi connectivity index (χ3v) is 5.74. The smallest absolute Gasteiger partial charge is 0.305 e. The Balaban J connectivity index is 2.46. The van der Waals surface area contributed by atoms with Crippen LogP contribution in [-0.2, 0) is 4.79 Å². The highest BCUT2D eigenvalue weighted by Gasteiger charge is 2.68. The maximum absolute atomic E-state index is 11.2. The first kappa shape index (κ1) is 11.9. The maximum Gasteiger partial charge on any atom is 0.305 e. The first-order chi connectivity index (χ1) is 7.29. The van der Waals surface area contributed by atoms with Gasteiger partial charge >= 0.3 is 5.97 Å². The van der Waals surface area contributed by atoms with E-state index >= 15 is 0 Å². The van der Waals surface area contributed by atoms with Gasteiger partial charge in [0.25, 0.3) is 0 Å². The van der Waals surface area contributed by atoms with E-state index in [1.54, 1.807) is 0 Å². The van der Waals surface area contributed by atoms with Gasteiger partial charge in [0.2, 0.25) is 0 Å². The molecule has 2 aliphatic carbocycles. The number of nitrogens with one attached hydrogen (secondary N) is 1. The topological polar surface area (TPSA) is 49.3 Å². The average molecular weight is 225 g/mol. The Hall–Kier alpha value is -0.570. The standard InChI is InChI=1S/C13H23NO2/c1-11(2)9-5-6-12(3,7-9)13(11,14-4)8-10(15)16/h9,14H,5-8H2,1-4H3,(H,15,16)/t9-,12-,13+/m0/s1. The Kier molecular flexibility index (Phi) is 2.40. The van der Waals surface area contributed by atoms with Crippen molar-refractivity contribution in [1.82, 2.24) is 5.32 Å². The molecule has 0 saturated heterocycles. The highest BCUT2D eigenvalue weighted by Crippen LogP contribution is 2.68. The van der Waals surface area contributed by atoms with Gasteiger partial charge in [-0.2, -0.15) is 0 Å². The highest BCUT2D eigenvalue weighted by molar-refractivity contribution is 5.69. The van der Waals surface area contributed by atoms with E-state index in [0.717, 1.165) is 6.42 Å². The molecule has 2 N–H and O–H groups in total. The molecule has 0 aromatic heterocycles. The van der Waals surface area contributed by atoms with E-state index in [0.29, 0.717) is 5.92 Å². The summed E-state index contributed by atoms with van der Waals surface area (Å²) in [5.41, 5.74) is -0.0177. The molecular formula is C13H23NO2. The van der Waals surface area contributed by atoms with E-state index in [1.165, 1.54) is 12.8 Å². The largest absolute Gasteiger partial charge is 0.481 e. The number of carboxylic acids is 1. The van der Waals surface area contributed by atoms with Crippen molar-refractivity contribution in [3.63, 3.8) is 0 Å². The molecule has 0 aromatic carbocycles. The van der Waals surface area contributed by atoms with E-state index in [2.05, 4.69) is 26.1 Å². The summed E-state index contributed by atoms with van der Waals surface area (Å²) in [4.78, 5) is 11.2. The Morgan fingerprint density at radius 1 is 1.44 bits per heavy atom. The number of fused-ring (bicyclic) bond motifs is 2. The molecule has 0 aliphatic heterocycles. The summed E-state index contributed by atoms with van der Waals surface area (Å²) in [6, 6.07) is 0. The van der Waals surface area contributed by atoms with Crippen LogP contribution in [-0.4, -0.2) is 23.7 Å². The lowest BCUT2D eigenvalue weighted by Crippen LogP contribution is -2.63. The lowest BCUT2D eigenvalue weighted by atomic mass is 9.57. The van der Waals surface area contributed by atoms with Crippen LogP contribution >= 0.6 is 0 Å². The molecule has 3 atom stereocenters. The number of hydrogen-bond acceptors (Lipinski definition) is 2. The zero-order chi connectivity index (χ0) is 12.2.